The van der Waals surface area contributed by atoms with Crippen molar-refractivity contribution in [2.45, 2.75) is 38.6 Å². The van der Waals surface area contributed by atoms with Gasteiger partial charge in [0.25, 0.3) is 11.8 Å². The molecule has 1 atom stereocenters. The van der Waals surface area contributed by atoms with E-state index in [1.807, 2.05) is 10.7 Å². The van der Waals surface area contributed by atoms with Gasteiger partial charge in [0.15, 0.2) is 11.6 Å². The van der Waals surface area contributed by atoms with Crippen LogP contribution in [0.4, 0.5) is 22.9 Å². The van der Waals surface area contributed by atoms with Gasteiger partial charge in [-0.1, -0.05) is 18.2 Å². The lowest BCUT2D eigenvalue weighted by Crippen LogP contribution is -2.47. The Bertz CT molecular complexity index is 1640. The molecular weight excluding hydrogens is 558 g/mol. The van der Waals surface area contributed by atoms with Gasteiger partial charge < -0.3 is 29.6 Å². The number of carbonyl (C=O) groups is 2. The third kappa shape index (κ3) is 6.05. The summed E-state index contributed by atoms with van der Waals surface area (Å²) in [5, 5.41) is 10.4. The zero-order valence-electron chi connectivity index (χ0n) is 24.9. The van der Waals surface area contributed by atoms with Gasteiger partial charge in [0.1, 0.15) is 12.1 Å². The van der Waals surface area contributed by atoms with Gasteiger partial charge in [-0.3, -0.25) is 9.59 Å². The van der Waals surface area contributed by atoms with Crippen LogP contribution in [0.1, 0.15) is 57.5 Å². The molecule has 1 aliphatic carbocycles. The maximum Gasteiger partial charge on any atom is 0.277 e. The minimum atomic E-state index is -0.366. The van der Waals surface area contributed by atoms with E-state index in [2.05, 4.69) is 61.7 Å². The minimum Gasteiger partial charge on any atom is -0.448 e. The fourth-order valence-electron chi connectivity index (χ4n) is 6.00. The first-order valence-electron chi connectivity index (χ1n) is 15.4. The summed E-state index contributed by atoms with van der Waals surface area (Å²) in [6, 6.07) is 15.7. The topological polar surface area (TPSA) is 118 Å². The Morgan fingerprint density at radius 3 is 2.48 bits per heavy atom. The van der Waals surface area contributed by atoms with Gasteiger partial charge in [-0.25, -0.2) is 9.67 Å². The number of benzene rings is 2. The Morgan fingerprint density at radius 2 is 1.73 bits per heavy atom. The molecule has 2 aliphatic heterocycles. The molecule has 2 saturated heterocycles. The fourth-order valence-corrected chi connectivity index (χ4v) is 6.00. The third-order valence-electron chi connectivity index (χ3n) is 8.68. The van der Waals surface area contributed by atoms with Gasteiger partial charge >= 0.3 is 0 Å². The predicted octanol–water partition coefficient (Wildman–Crippen LogP) is 4.92. The van der Waals surface area contributed by atoms with Crippen LogP contribution in [-0.2, 0) is 11.3 Å². The molecule has 0 spiro atoms. The highest BCUT2D eigenvalue weighted by Crippen LogP contribution is 2.39. The van der Waals surface area contributed by atoms with E-state index in [9.17, 15) is 9.59 Å². The molecule has 3 fully saturated rings. The monoisotopic (exact) mass is 595 g/mol. The van der Waals surface area contributed by atoms with E-state index >= 15 is 0 Å². The predicted molar refractivity (Wildman–Crippen MR) is 168 cm³/mol. The average Bonchev–Trinajstić information content (AvgIpc) is 3.37. The Hall–Kier alpha value is -4.64. The van der Waals surface area contributed by atoms with E-state index in [1.165, 1.54) is 17.5 Å². The molecule has 0 radical (unpaired) electrons. The number of rotatable bonds is 9. The molecule has 4 aromatic rings. The van der Waals surface area contributed by atoms with Crippen molar-refractivity contribution in [3.8, 4) is 0 Å². The lowest BCUT2D eigenvalue weighted by atomic mass is 10.1. The first-order chi connectivity index (χ1) is 21.5. The number of carbonyl (C=O) groups excluding carboxylic acids is 2. The molecule has 2 N–H and O–H groups in total. The SMILES string of the molecule is Cc1ccccc1N1CCN(c2ccc(C(=O)Nc3ccnn3CC3CCOC3)cc2NC(=O)c2coc(C3CC3)n2)CC1. The highest BCUT2D eigenvalue weighted by Gasteiger charge is 2.30. The van der Waals surface area contributed by atoms with Gasteiger partial charge in [0, 0.05) is 68.5 Å². The van der Waals surface area contributed by atoms with Crippen molar-refractivity contribution >= 4 is 34.7 Å². The number of hydrogen-bond donors (Lipinski definition) is 2. The van der Waals surface area contributed by atoms with Crippen molar-refractivity contribution in [3.05, 3.63) is 83.7 Å². The summed E-state index contributed by atoms with van der Waals surface area (Å²) in [5.74, 6) is 1.26. The van der Waals surface area contributed by atoms with E-state index < -0.39 is 0 Å². The number of para-hydroxylation sites is 1. The number of amides is 2. The molecule has 3 aliphatic rings. The zero-order chi connectivity index (χ0) is 30.0. The van der Waals surface area contributed by atoms with Crippen LogP contribution in [0.2, 0.25) is 0 Å². The summed E-state index contributed by atoms with van der Waals surface area (Å²) in [7, 11) is 0. The van der Waals surface area contributed by atoms with Crippen LogP contribution in [0.25, 0.3) is 0 Å². The second-order valence-electron chi connectivity index (χ2n) is 11.9. The van der Waals surface area contributed by atoms with Gasteiger partial charge in [0.2, 0.25) is 0 Å². The van der Waals surface area contributed by atoms with Crippen molar-refractivity contribution in [2.24, 2.45) is 5.92 Å². The largest absolute Gasteiger partial charge is 0.448 e. The summed E-state index contributed by atoms with van der Waals surface area (Å²) in [4.78, 5) is 35.9. The van der Waals surface area contributed by atoms with Crippen LogP contribution in [0, 0.1) is 12.8 Å². The molecule has 4 heterocycles. The number of piperazine rings is 1. The fraction of sp³-hybridized carbons (Fsp3) is 0.394. The maximum atomic E-state index is 13.5. The second-order valence-corrected chi connectivity index (χ2v) is 11.9. The number of nitrogens with zero attached hydrogens (tertiary/aromatic N) is 5. The first kappa shape index (κ1) is 28.1. The van der Waals surface area contributed by atoms with Gasteiger partial charge in [-0.15, -0.1) is 0 Å². The van der Waals surface area contributed by atoms with Crippen LogP contribution in [0.5, 0.6) is 0 Å². The quantitative estimate of drug-likeness (QED) is 0.280. The van der Waals surface area contributed by atoms with Crippen LogP contribution in [0.15, 0.2) is 65.4 Å². The van der Waals surface area contributed by atoms with Crippen molar-refractivity contribution in [2.75, 3.05) is 59.8 Å². The molecule has 2 aromatic carbocycles. The highest BCUT2D eigenvalue weighted by molar-refractivity contribution is 6.08. The van der Waals surface area contributed by atoms with Crippen LogP contribution in [-0.4, -0.2) is 66.0 Å². The molecule has 228 valence electrons. The third-order valence-corrected chi connectivity index (χ3v) is 8.68. The molecule has 11 heteroatoms. The number of aromatic nitrogens is 3. The number of nitrogens with one attached hydrogen (secondary N) is 2. The lowest BCUT2D eigenvalue weighted by Gasteiger charge is -2.38. The van der Waals surface area contributed by atoms with Gasteiger partial charge in [-0.05, 0) is 56.0 Å². The number of anilines is 4. The van der Waals surface area contributed by atoms with Crippen LogP contribution in [0.3, 0.4) is 0 Å². The second kappa shape index (κ2) is 12.2. The minimum absolute atomic E-state index is 0.233. The molecule has 2 amide bonds. The number of hydrogen-bond acceptors (Lipinski definition) is 8. The molecule has 7 rings (SSSR count). The summed E-state index contributed by atoms with van der Waals surface area (Å²) < 4.78 is 12.9. The zero-order valence-corrected chi connectivity index (χ0v) is 24.9. The lowest BCUT2D eigenvalue weighted by molar-refractivity contribution is 0.101. The standard InChI is InChI=1S/C33H37N7O4/c1-22-4-2-3-5-28(22)38-13-15-39(16-14-38)29-9-8-25(18-26(29)35-32(42)27-21-44-33(36-27)24-6-7-24)31(41)37-30-10-12-34-40(30)19-23-11-17-43-20-23/h2-5,8-10,12,18,21,23-24H,6-7,11,13-17,19-20H2,1H3,(H,35,42)(H,37,41). The smallest absolute Gasteiger partial charge is 0.277 e. The maximum absolute atomic E-state index is 13.5. The van der Waals surface area contributed by atoms with Gasteiger partial charge in [0.05, 0.1) is 24.2 Å². The number of ether oxygens (including phenoxy) is 1. The summed E-state index contributed by atoms with van der Waals surface area (Å²) in [6.07, 6.45) is 6.14. The molecular formula is C33H37N7O4. The Morgan fingerprint density at radius 1 is 0.932 bits per heavy atom. The molecule has 1 saturated carbocycles. The van der Waals surface area contributed by atoms with E-state index in [0.717, 1.165) is 57.7 Å². The van der Waals surface area contributed by atoms with E-state index in [-0.39, 0.29) is 17.5 Å². The van der Waals surface area contributed by atoms with E-state index in [4.69, 9.17) is 9.15 Å². The molecule has 1 unspecified atom stereocenters. The molecule has 44 heavy (non-hydrogen) atoms. The van der Waals surface area contributed by atoms with Crippen molar-refractivity contribution in [1.82, 2.24) is 14.8 Å². The van der Waals surface area contributed by atoms with E-state index in [1.54, 1.807) is 24.4 Å². The molecule has 0 bridgehead atoms. The summed E-state index contributed by atoms with van der Waals surface area (Å²) in [6.45, 7) is 7.47. The average molecular weight is 596 g/mol. The summed E-state index contributed by atoms with van der Waals surface area (Å²) in [5.41, 5.74) is 4.57. The number of aryl methyl sites for hydroxylation is 1. The Labute approximate surface area is 256 Å². The normalized spacial score (nSPS) is 18.4. The van der Waals surface area contributed by atoms with Crippen molar-refractivity contribution in [1.29, 1.82) is 0 Å². The van der Waals surface area contributed by atoms with Crippen LogP contribution >= 0.6 is 0 Å². The Kier molecular flexibility index (Phi) is 7.78. The Balaban J connectivity index is 1.11. The number of oxazole rings is 1. The molecule has 2 aromatic heterocycles. The highest BCUT2D eigenvalue weighted by atomic mass is 16.5. The van der Waals surface area contributed by atoms with Crippen molar-refractivity contribution < 1.29 is 18.7 Å². The van der Waals surface area contributed by atoms with Crippen LogP contribution < -0.4 is 20.4 Å². The van der Waals surface area contributed by atoms with E-state index in [0.29, 0.717) is 47.9 Å². The van der Waals surface area contributed by atoms with Crippen molar-refractivity contribution in [3.63, 3.8) is 0 Å². The molecule has 11 nitrogen and oxygen atoms in total. The van der Waals surface area contributed by atoms with Gasteiger partial charge in [-0.2, -0.15) is 5.10 Å². The summed E-state index contributed by atoms with van der Waals surface area (Å²) >= 11 is 0. The first-order valence-corrected chi connectivity index (χ1v) is 15.4.